The van der Waals surface area contributed by atoms with Crippen molar-refractivity contribution in [3.05, 3.63) is 47.2 Å². The molecule has 2 heterocycles. The zero-order valence-electron chi connectivity index (χ0n) is 16.9. The molecule has 2 aromatic carbocycles. The number of anilines is 1. The Hall–Kier alpha value is -2.89. The molecule has 162 valence electrons. The molecule has 0 amide bonds. The summed E-state index contributed by atoms with van der Waals surface area (Å²) in [6, 6.07) is 10.3. The molecule has 0 N–H and O–H groups in total. The fourth-order valence-corrected chi connectivity index (χ4v) is 3.95. The fourth-order valence-electron chi connectivity index (χ4n) is 3.74. The van der Waals surface area contributed by atoms with Crippen LogP contribution in [-0.2, 0) is 0 Å². The molecule has 1 fully saturated rings. The minimum absolute atomic E-state index is 0.177. The zero-order valence-corrected chi connectivity index (χ0v) is 17.7. The number of piperazine rings is 1. The number of fused-ring (bicyclic) bond motifs is 1. The van der Waals surface area contributed by atoms with Crippen molar-refractivity contribution in [2.24, 2.45) is 0 Å². The Kier molecular flexibility index (Phi) is 5.50. The molecule has 1 unspecified atom stereocenters. The largest absolute Gasteiger partial charge is 0.573 e. The van der Waals surface area contributed by atoms with Gasteiger partial charge < -0.3 is 14.5 Å². The van der Waals surface area contributed by atoms with Crippen molar-refractivity contribution in [3.63, 3.8) is 0 Å². The van der Waals surface area contributed by atoms with Crippen LogP contribution in [0.25, 0.3) is 16.7 Å². The molecule has 31 heavy (non-hydrogen) atoms. The number of rotatable bonds is 3. The summed E-state index contributed by atoms with van der Waals surface area (Å²) in [5.74, 6) is 2.40. The van der Waals surface area contributed by atoms with Crippen LogP contribution in [0.4, 0.5) is 18.9 Å². The van der Waals surface area contributed by atoms with Gasteiger partial charge in [0.1, 0.15) is 5.75 Å². The Morgan fingerprint density at radius 2 is 1.90 bits per heavy atom. The smallest absolute Gasteiger partial charge is 0.404 e. The number of aromatic nitrogens is 2. The second-order valence-electron chi connectivity index (χ2n) is 7.53. The van der Waals surface area contributed by atoms with Crippen LogP contribution in [0.3, 0.4) is 0 Å². The van der Waals surface area contributed by atoms with Crippen molar-refractivity contribution in [3.8, 4) is 23.8 Å². The quantitative estimate of drug-likeness (QED) is 0.544. The minimum Gasteiger partial charge on any atom is -0.404 e. The number of halogens is 4. The predicted octanol–water partition coefficient (Wildman–Crippen LogP) is 4.70. The number of likely N-dealkylation sites (N-methyl/N-ethyl adjacent to an activating group) is 1. The van der Waals surface area contributed by atoms with E-state index in [0.717, 1.165) is 30.8 Å². The molecule has 0 bridgehead atoms. The van der Waals surface area contributed by atoms with E-state index >= 15 is 0 Å². The van der Waals surface area contributed by atoms with E-state index in [1.165, 1.54) is 18.2 Å². The van der Waals surface area contributed by atoms with Gasteiger partial charge in [-0.2, -0.15) is 0 Å². The molecule has 1 atom stereocenters. The fraction of sp³-hybridized carbons (Fsp3) is 0.318. The summed E-state index contributed by atoms with van der Waals surface area (Å²) in [4.78, 5) is 9.08. The number of nitrogens with zero attached hydrogens (tertiary/aromatic N) is 4. The number of ether oxygens (including phenoxy) is 1. The van der Waals surface area contributed by atoms with Crippen molar-refractivity contribution in [1.29, 1.82) is 0 Å². The van der Waals surface area contributed by atoms with E-state index in [2.05, 4.69) is 39.4 Å². The van der Waals surface area contributed by atoms with E-state index in [-0.39, 0.29) is 5.02 Å². The van der Waals surface area contributed by atoms with E-state index in [0.29, 0.717) is 23.1 Å². The molecule has 3 aromatic rings. The lowest BCUT2D eigenvalue weighted by Crippen LogP contribution is -2.50. The van der Waals surface area contributed by atoms with Gasteiger partial charge in [-0.3, -0.25) is 4.57 Å². The van der Waals surface area contributed by atoms with Gasteiger partial charge in [0.2, 0.25) is 0 Å². The van der Waals surface area contributed by atoms with Gasteiger partial charge in [0.15, 0.2) is 5.82 Å². The number of imidazole rings is 1. The molecule has 0 aliphatic carbocycles. The number of terminal acetylenes is 1. The van der Waals surface area contributed by atoms with E-state index in [1.54, 1.807) is 4.57 Å². The molecule has 4 rings (SSSR count). The van der Waals surface area contributed by atoms with Crippen LogP contribution in [0.1, 0.15) is 12.7 Å². The molecule has 0 spiro atoms. The average Bonchev–Trinajstić information content (AvgIpc) is 3.08. The standard InChI is InChI=1S/C22H20ClF3N4O/c1-4-21-27-18-7-5-15(29-10-9-28(3)14(2)13-29)12-19(18)30(21)16-6-8-20(17(23)11-16)31-22(24,25)26/h1,5-8,11-12,14H,9-10,13H2,2-3H3. The third-order valence-corrected chi connectivity index (χ3v) is 5.79. The van der Waals surface area contributed by atoms with E-state index in [4.69, 9.17) is 18.0 Å². The lowest BCUT2D eigenvalue weighted by molar-refractivity contribution is -0.274. The van der Waals surface area contributed by atoms with Crippen LogP contribution in [0.15, 0.2) is 36.4 Å². The summed E-state index contributed by atoms with van der Waals surface area (Å²) in [5.41, 5.74) is 2.96. The first kappa shape index (κ1) is 21.3. The molecular weight excluding hydrogens is 429 g/mol. The summed E-state index contributed by atoms with van der Waals surface area (Å²) in [7, 11) is 2.11. The molecule has 0 saturated carbocycles. The van der Waals surface area contributed by atoms with Gasteiger partial charge in [-0.05, 0) is 56.3 Å². The van der Waals surface area contributed by atoms with Crippen LogP contribution in [-0.4, -0.2) is 53.5 Å². The third kappa shape index (κ3) is 4.29. The molecule has 0 radical (unpaired) electrons. The van der Waals surface area contributed by atoms with E-state index in [9.17, 15) is 13.2 Å². The molecule has 9 heteroatoms. The second kappa shape index (κ2) is 7.98. The first-order chi connectivity index (χ1) is 14.7. The van der Waals surface area contributed by atoms with Gasteiger partial charge in [-0.25, -0.2) is 4.98 Å². The predicted molar refractivity (Wildman–Crippen MR) is 115 cm³/mol. The topological polar surface area (TPSA) is 33.5 Å². The summed E-state index contributed by atoms with van der Waals surface area (Å²) in [6.45, 7) is 4.90. The van der Waals surface area contributed by atoms with Crippen molar-refractivity contribution in [2.45, 2.75) is 19.3 Å². The maximum Gasteiger partial charge on any atom is 0.573 e. The van der Waals surface area contributed by atoms with Crippen LogP contribution in [0, 0.1) is 12.3 Å². The Bertz CT molecular complexity index is 1170. The Labute approximate surface area is 183 Å². The molecule has 1 aliphatic rings. The summed E-state index contributed by atoms with van der Waals surface area (Å²) < 4.78 is 43.4. The highest BCUT2D eigenvalue weighted by Gasteiger charge is 2.32. The molecule has 1 aliphatic heterocycles. The first-order valence-electron chi connectivity index (χ1n) is 9.66. The Balaban J connectivity index is 1.77. The van der Waals surface area contributed by atoms with E-state index < -0.39 is 12.1 Å². The Morgan fingerprint density at radius 3 is 2.55 bits per heavy atom. The van der Waals surface area contributed by atoms with Gasteiger partial charge >= 0.3 is 6.36 Å². The van der Waals surface area contributed by atoms with Crippen LogP contribution >= 0.6 is 11.6 Å². The highest BCUT2D eigenvalue weighted by Crippen LogP contribution is 2.34. The summed E-state index contributed by atoms with van der Waals surface area (Å²) >= 11 is 6.06. The zero-order chi connectivity index (χ0) is 22.3. The summed E-state index contributed by atoms with van der Waals surface area (Å²) in [5, 5.41) is -0.177. The van der Waals surface area contributed by atoms with Crippen LogP contribution < -0.4 is 9.64 Å². The molecule has 5 nitrogen and oxygen atoms in total. The SMILES string of the molecule is C#Cc1nc2ccc(N3CCN(C)C(C)C3)cc2n1-c1ccc(OC(F)(F)F)c(Cl)c1. The van der Waals surface area contributed by atoms with Crippen molar-refractivity contribution in [1.82, 2.24) is 14.5 Å². The molecule has 1 saturated heterocycles. The van der Waals surface area contributed by atoms with Gasteiger partial charge in [0.05, 0.1) is 21.7 Å². The number of alkyl halides is 3. The van der Waals surface area contributed by atoms with Crippen molar-refractivity contribution < 1.29 is 17.9 Å². The highest BCUT2D eigenvalue weighted by atomic mass is 35.5. The number of benzene rings is 2. The monoisotopic (exact) mass is 448 g/mol. The minimum atomic E-state index is -4.83. The van der Waals surface area contributed by atoms with Gasteiger partial charge in [-0.15, -0.1) is 19.6 Å². The third-order valence-electron chi connectivity index (χ3n) is 5.49. The average molecular weight is 449 g/mol. The van der Waals surface area contributed by atoms with Gasteiger partial charge in [-0.1, -0.05) is 11.6 Å². The summed E-state index contributed by atoms with van der Waals surface area (Å²) in [6.07, 6.45) is 0.834. The number of hydrogen-bond donors (Lipinski definition) is 0. The van der Waals surface area contributed by atoms with Gasteiger partial charge in [0.25, 0.3) is 0 Å². The van der Waals surface area contributed by atoms with Crippen molar-refractivity contribution in [2.75, 3.05) is 31.6 Å². The second-order valence-corrected chi connectivity index (χ2v) is 7.93. The first-order valence-corrected chi connectivity index (χ1v) is 10.0. The maximum absolute atomic E-state index is 12.6. The van der Waals surface area contributed by atoms with Crippen LogP contribution in [0.2, 0.25) is 5.02 Å². The maximum atomic E-state index is 12.6. The van der Waals surface area contributed by atoms with Crippen LogP contribution in [0.5, 0.6) is 5.75 Å². The van der Waals surface area contributed by atoms with Gasteiger partial charge in [0, 0.05) is 31.4 Å². The normalized spacial score (nSPS) is 17.7. The van der Waals surface area contributed by atoms with Crippen molar-refractivity contribution >= 4 is 28.3 Å². The number of hydrogen-bond acceptors (Lipinski definition) is 4. The van der Waals surface area contributed by atoms with E-state index in [1.807, 2.05) is 18.2 Å². The molecular formula is C22H20ClF3N4O. The lowest BCUT2D eigenvalue weighted by atomic mass is 10.1. The highest BCUT2D eigenvalue weighted by molar-refractivity contribution is 6.32. The lowest BCUT2D eigenvalue weighted by Gasteiger charge is -2.39. The Morgan fingerprint density at radius 1 is 1.16 bits per heavy atom. The molecule has 1 aromatic heterocycles.